The largest absolute Gasteiger partial charge is 1.00 e. The Morgan fingerprint density at radius 2 is 0.750 bits per heavy atom. The van der Waals surface area contributed by atoms with Gasteiger partial charge in [0.1, 0.15) is 0 Å². The van der Waals surface area contributed by atoms with E-state index in [0.29, 0.717) is 0 Å². The molecule has 0 radical (unpaired) electrons. The molecule has 8 heavy (non-hydrogen) atoms. The normalized spacial score (nSPS) is 20.2. The average molecular weight is 272 g/mol. The van der Waals surface area contributed by atoms with Crippen LogP contribution < -0.4 is 0 Å². The average Bonchev–Trinajstić information content (AvgIpc) is 0.592. The molecule has 1 unspecified atom stereocenters. The Kier molecular flexibility index (Phi) is 2.11. The minimum absolute atomic E-state index is 0. The van der Waals surface area contributed by atoms with Gasteiger partial charge in [0.15, 0.2) is 0 Å². The van der Waals surface area contributed by atoms with Crippen molar-refractivity contribution in [2.24, 2.45) is 0 Å². The first-order valence-corrected chi connectivity index (χ1v) is 6.80. The third-order valence-electron chi connectivity index (χ3n) is 0. The Hall–Kier alpha value is 0.828. The zero-order valence-electron chi connectivity index (χ0n) is 4.72. The zero-order valence-corrected chi connectivity index (χ0v) is 8.27. The second-order valence-corrected chi connectivity index (χ2v) is 6.43. The topological polar surface area (TPSA) is 0 Å². The third kappa shape index (κ3) is 338. The standard InChI is InChI=1S/6FH.H3P.Sb/h6*1H;1H3;/q;;;;;;;+5/p-4. The van der Waals surface area contributed by atoms with Gasteiger partial charge in [0, 0.05) is 0 Å². The maximum atomic E-state index is 9.93. The Morgan fingerprint density at radius 1 is 0.750 bits per heavy atom. The molecule has 0 aromatic rings. The van der Waals surface area contributed by atoms with E-state index >= 15 is 0 Å². The fraction of sp³-hybridized carbons (Fsp3) is 0. The Bertz CT molecular complexity index is 71.6. The second kappa shape index (κ2) is 1.46. The first kappa shape index (κ1) is 11.6. The molecular formula is H5F6PSb+. The van der Waals surface area contributed by atoms with Gasteiger partial charge in [0.25, 0.3) is 0 Å². The van der Waals surface area contributed by atoms with E-state index in [1.807, 2.05) is 0 Å². The van der Waals surface area contributed by atoms with Crippen molar-refractivity contribution in [2.75, 3.05) is 0 Å². The fourth-order valence-electron chi connectivity index (χ4n) is 0. The van der Waals surface area contributed by atoms with Crippen LogP contribution in [0.2, 0.25) is 0 Å². The van der Waals surface area contributed by atoms with Gasteiger partial charge in [-0.05, 0) is 9.90 Å². The van der Waals surface area contributed by atoms with Crippen LogP contribution in [-0.4, -0.2) is 19.5 Å². The summed E-state index contributed by atoms with van der Waals surface area (Å²) < 4.78 is 59.6. The van der Waals surface area contributed by atoms with Crippen molar-refractivity contribution < 1.29 is 18.3 Å². The summed E-state index contributed by atoms with van der Waals surface area (Å²) in [6.45, 7) is 0. The molecule has 0 aliphatic carbocycles. The quantitative estimate of drug-likeness (QED) is 0.359. The molecule has 0 bridgehead atoms. The van der Waals surface area contributed by atoms with Gasteiger partial charge in [0.05, 0.1) is 0 Å². The van der Waals surface area contributed by atoms with E-state index in [2.05, 4.69) is 0 Å². The summed E-state index contributed by atoms with van der Waals surface area (Å²) in [6, 6.07) is 0. The van der Waals surface area contributed by atoms with Crippen molar-refractivity contribution in [3.05, 3.63) is 0 Å². The van der Waals surface area contributed by atoms with Gasteiger partial charge in [-0.2, -0.15) is 0 Å². The summed E-state index contributed by atoms with van der Waals surface area (Å²) >= 11 is -11.2. The Morgan fingerprint density at radius 3 is 0.750 bits per heavy atom. The van der Waals surface area contributed by atoms with Crippen LogP contribution in [-0.2, 0) is 0 Å². The van der Waals surface area contributed by atoms with E-state index in [1.54, 1.807) is 0 Å². The van der Waals surface area contributed by atoms with Crippen molar-refractivity contribution in [3.8, 4) is 0 Å². The van der Waals surface area contributed by atoms with Crippen LogP contribution in [0.4, 0.5) is 16.9 Å². The molecule has 0 fully saturated rings. The SMILES string of the molecule is [F][Sb-]([F])([F])([F])([F])[F].[H+].[PH4+]. The summed E-state index contributed by atoms with van der Waals surface area (Å²) in [6.07, 6.45) is 0. The van der Waals surface area contributed by atoms with Gasteiger partial charge in [-0.15, -0.1) is 0 Å². The van der Waals surface area contributed by atoms with Gasteiger partial charge in [0.2, 0.25) is 0 Å². The molecule has 0 nitrogen and oxygen atoms in total. The van der Waals surface area contributed by atoms with Crippen LogP contribution >= 0.6 is 9.90 Å². The van der Waals surface area contributed by atoms with E-state index in [9.17, 15) is 16.9 Å². The van der Waals surface area contributed by atoms with E-state index < -0.39 is 19.5 Å². The van der Waals surface area contributed by atoms with E-state index in [0.717, 1.165) is 0 Å². The molecule has 0 aromatic carbocycles. The van der Waals surface area contributed by atoms with Crippen molar-refractivity contribution in [2.45, 2.75) is 0 Å². The number of hydrogen-bond acceptors (Lipinski definition) is 0. The minimum Gasteiger partial charge on any atom is -0.0395 e. The summed E-state index contributed by atoms with van der Waals surface area (Å²) in [5.41, 5.74) is 0. The zero-order chi connectivity index (χ0) is 6.41. The van der Waals surface area contributed by atoms with Crippen molar-refractivity contribution in [1.29, 1.82) is 0 Å². The van der Waals surface area contributed by atoms with Crippen molar-refractivity contribution >= 4 is 29.4 Å². The molecule has 0 saturated heterocycles. The fourth-order valence-corrected chi connectivity index (χ4v) is 0. The number of rotatable bonds is 0. The molecule has 0 aromatic heterocycles. The van der Waals surface area contributed by atoms with Crippen LogP contribution in [0.1, 0.15) is 1.43 Å². The first-order chi connectivity index (χ1) is 2.45. The monoisotopic (exact) mass is 271 g/mol. The molecule has 0 amide bonds. The Balaban J connectivity index is -0.000000180. The van der Waals surface area contributed by atoms with Crippen LogP contribution in [0.15, 0.2) is 0 Å². The molecule has 0 rings (SSSR count). The molecule has 0 aliphatic heterocycles. The van der Waals surface area contributed by atoms with E-state index in [1.165, 1.54) is 0 Å². The summed E-state index contributed by atoms with van der Waals surface area (Å²) in [5.74, 6) is 0. The predicted octanol–water partition coefficient (Wildman–Crippen LogP) is 2.04. The Labute approximate surface area is 48.2 Å². The molecule has 0 heterocycles. The van der Waals surface area contributed by atoms with Gasteiger partial charge in [-0.3, -0.25) is 0 Å². The van der Waals surface area contributed by atoms with E-state index in [4.69, 9.17) is 0 Å². The van der Waals surface area contributed by atoms with Crippen LogP contribution in [0.25, 0.3) is 0 Å². The second-order valence-electron chi connectivity index (χ2n) is 0.958. The van der Waals surface area contributed by atoms with Crippen molar-refractivity contribution in [1.82, 2.24) is 0 Å². The number of hydrogen-bond donors (Lipinski definition) is 0. The molecule has 0 N–H and O–H groups in total. The van der Waals surface area contributed by atoms with Gasteiger partial charge in [-0.25, -0.2) is 0 Å². The first-order valence-electron chi connectivity index (χ1n) is 1.01. The predicted molar refractivity (Wildman–Crippen MR) is 26.0 cm³/mol. The summed E-state index contributed by atoms with van der Waals surface area (Å²) in [4.78, 5) is 0. The maximum absolute atomic E-state index is 11.2. The molecule has 8 heteroatoms. The maximum Gasteiger partial charge on any atom is 1.00 e. The van der Waals surface area contributed by atoms with Crippen LogP contribution in [0, 0.1) is 0 Å². The molecular weight excluding hydrogens is 267 g/mol. The summed E-state index contributed by atoms with van der Waals surface area (Å²) in [5, 5.41) is 0. The van der Waals surface area contributed by atoms with E-state index in [-0.39, 0.29) is 11.3 Å². The molecule has 0 saturated carbocycles. The molecule has 0 spiro atoms. The van der Waals surface area contributed by atoms with Crippen LogP contribution in [0.3, 0.4) is 0 Å². The minimum atomic E-state index is -11.2. The van der Waals surface area contributed by atoms with Crippen LogP contribution in [0.5, 0.6) is 0 Å². The molecule has 56 valence electrons. The van der Waals surface area contributed by atoms with Gasteiger partial charge >= 0.3 is 37.8 Å². The molecule has 1 atom stereocenters. The summed E-state index contributed by atoms with van der Waals surface area (Å²) in [7, 11) is 0. The van der Waals surface area contributed by atoms with Gasteiger partial charge < -0.3 is 0 Å². The third-order valence-corrected chi connectivity index (χ3v) is 0. The molecule has 0 aliphatic rings. The smallest absolute Gasteiger partial charge is 0.0395 e. The van der Waals surface area contributed by atoms with Gasteiger partial charge in [-0.1, -0.05) is 0 Å². The van der Waals surface area contributed by atoms with Crippen molar-refractivity contribution in [3.63, 3.8) is 0 Å². The number of halogens is 6.